The van der Waals surface area contributed by atoms with Crippen molar-refractivity contribution in [2.24, 2.45) is 17.8 Å². The van der Waals surface area contributed by atoms with Gasteiger partial charge in [0.15, 0.2) is 0 Å². The second-order valence-corrected chi connectivity index (χ2v) is 13.8. The minimum Gasteiger partial charge on any atom is -0.494 e. The molecule has 5 rings (SSSR count). The summed E-state index contributed by atoms with van der Waals surface area (Å²) in [5, 5.41) is 0. The van der Waals surface area contributed by atoms with Crippen LogP contribution in [0, 0.1) is 17.8 Å². The van der Waals surface area contributed by atoms with Crippen molar-refractivity contribution >= 4 is 29.5 Å². The Morgan fingerprint density at radius 3 is 1.69 bits per heavy atom. The first kappa shape index (κ1) is 30.8. The van der Waals surface area contributed by atoms with Gasteiger partial charge in [0.2, 0.25) is 0 Å². The Morgan fingerprint density at radius 1 is 0.619 bits per heavy atom. The van der Waals surface area contributed by atoms with Gasteiger partial charge in [-0.3, -0.25) is 4.79 Å². The van der Waals surface area contributed by atoms with Gasteiger partial charge in [-0.05, 0) is 80.0 Å². The predicted octanol–water partition coefficient (Wildman–Crippen LogP) is 10.6. The highest BCUT2D eigenvalue weighted by molar-refractivity contribution is 8.00. The van der Waals surface area contributed by atoms with Crippen LogP contribution in [0.15, 0.2) is 111 Å². The SMILES string of the molecule is O=C(OCCCCCCCCCCCOc1cc(Sc2ccccc2)cc(Sc2ccccc2)c1)C1CC2C=CC1C2. The normalized spacial score (nSPS) is 18.8. The minimum atomic E-state index is 0.0427. The fraction of sp³-hybridized carbons (Fsp3) is 0.432. The first-order valence-corrected chi connectivity index (χ1v) is 17.4. The van der Waals surface area contributed by atoms with Crippen LogP contribution >= 0.6 is 23.5 Å². The van der Waals surface area contributed by atoms with Gasteiger partial charge in [0.25, 0.3) is 0 Å². The summed E-state index contributed by atoms with van der Waals surface area (Å²) >= 11 is 3.56. The van der Waals surface area contributed by atoms with Crippen LogP contribution < -0.4 is 4.74 Å². The van der Waals surface area contributed by atoms with Crippen molar-refractivity contribution in [2.45, 2.75) is 90.2 Å². The largest absolute Gasteiger partial charge is 0.494 e. The van der Waals surface area contributed by atoms with Gasteiger partial charge in [0.05, 0.1) is 19.1 Å². The minimum absolute atomic E-state index is 0.0427. The summed E-state index contributed by atoms with van der Waals surface area (Å²) in [4.78, 5) is 17.2. The molecule has 2 bridgehead atoms. The van der Waals surface area contributed by atoms with Crippen molar-refractivity contribution in [1.82, 2.24) is 0 Å². The van der Waals surface area contributed by atoms with Crippen molar-refractivity contribution < 1.29 is 14.3 Å². The molecule has 0 saturated heterocycles. The zero-order chi connectivity index (χ0) is 28.8. The standard InChI is InChI=1S/C37H44O3S2/c38-37(36-25-29-20-21-30(36)24-29)40-23-15-7-5-3-1-2-4-6-14-22-39-31-26-34(41-32-16-10-8-11-17-32)28-35(27-31)42-33-18-12-9-13-19-33/h8-13,16-21,26-30,36H,1-7,14-15,22-25H2. The molecule has 3 unspecified atom stereocenters. The topological polar surface area (TPSA) is 35.5 Å². The maximum absolute atomic E-state index is 12.3. The Balaban J connectivity index is 0.927. The number of hydrogen-bond acceptors (Lipinski definition) is 5. The number of carbonyl (C=O) groups is 1. The number of hydrogen-bond donors (Lipinski definition) is 0. The van der Waals surface area contributed by atoms with Gasteiger partial charge in [0.1, 0.15) is 5.75 Å². The van der Waals surface area contributed by atoms with Gasteiger partial charge in [-0.2, -0.15) is 0 Å². The molecule has 1 saturated carbocycles. The smallest absolute Gasteiger partial charge is 0.309 e. The van der Waals surface area contributed by atoms with Crippen LogP contribution in [0.3, 0.4) is 0 Å². The van der Waals surface area contributed by atoms with Crippen LogP contribution in [0.5, 0.6) is 5.75 Å². The van der Waals surface area contributed by atoms with E-state index in [4.69, 9.17) is 9.47 Å². The van der Waals surface area contributed by atoms with E-state index < -0.39 is 0 Å². The number of esters is 1. The second kappa shape index (κ2) is 16.9. The molecule has 5 heteroatoms. The van der Waals surface area contributed by atoms with Crippen LogP contribution in [0.1, 0.15) is 70.6 Å². The molecule has 0 aliphatic heterocycles. The van der Waals surface area contributed by atoms with Crippen molar-refractivity contribution in [3.8, 4) is 5.75 Å². The van der Waals surface area contributed by atoms with E-state index in [1.807, 2.05) is 0 Å². The molecule has 0 spiro atoms. The van der Waals surface area contributed by atoms with E-state index in [0.29, 0.717) is 18.4 Å². The van der Waals surface area contributed by atoms with Crippen molar-refractivity contribution in [2.75, 3.05) is 13.2 Å². The van der Waals surface area contributed by atoms with Gasteiger partial charge >= 0.3 is 5.97 Å². The third kappa shape index (κ3) is 9.98. The third-order valence-electron chi connectivity index (χ3n) is 8.19. The Hall–Kier alpha value is -2.63. The fourth-order valence-electron chi connectivity index (χ4n) is 5.96. The van der Waals surface area contributed by atoms with Crippen LogP contribution in [0.2, 0.25) is 0 Å². The molecule has 2 aliphatic carbocycles. The average molecular weight is 601 g/mol. The Bertz CT molecular complexity index is 1200. The summed E-state index contributed by atoms with van der Waals surface area (Å²) in [6.45, 7) is 1.35. The molecule has 0 radical (unpaired) electrons. The molecular formula is C37H44O3S2. The van der Waals surface area contributed by atoms with Crippen LogP contribution in [-0.2, 0) is 9.53 Å². The quantitative estimate of drug-likeness (QED) is 0.0824. The number of ether oxygens (including phenoxy) is 2. The fourth-order valence-corrected chi connectivity index (χ4v) is 7.89. The molecule has 0 aromatic heterocycles. The zero-order valence-corrected chi connectivity index (χ0v) is 26.3. The second-order valence-electron chi connectivity index (χ2n) is 11.6. The van der Waals surface area contributed by atoms with Gasteiger partial charge in [-0.15, -0.1) is 0 Å². The van der Waals surface area contributed by atoms with Crippen LogP contribution in [0.25, 0.3) is 0 Å². The number of rotatable bonds is 18. The summed E-state index contributed by atoms with van der Waals surface area (Å²) in [5.74, 6) is 2.19. The van der Waals surface area contributed by atoms with Gasteiger partial charge in [-0.1, -0.05) is 117 Å². The number of fused-ring (bicyclic) bond motifs is 2. The molecule has 2 aliphatic rings. The first-order valence-electron chi connectivity index (χ1n) is 15.8. The molecule has 3 aromatic carbocycles. The first-order chi connectivity index (χ1) is 20.7. The molecule has 1 fully saturated rings. The molecule has 0 heterocycles. The predicted molar refractivity (Wildman–Crippen MR) is 174 cm³/mol. The van der Waals surface area contributed by atoms with E-state index in [0.717, 1.165) is 44.5 Å². The van der Waals surface area contributed by atoms with E-state index >= 15 is 0 Å². The summed E-state index contributed by atoms with van der Waals surface area (Å²) in [6, 6.07) is 27.6. The van der Waals surface area contributed by atoms with Crippen LogP contribution in [-0.4, -0.2) is 19.2 Å². The average Bonchev–Trinajstić information content (AvgIpc) is 3.65. The lowest BCUT2D eigenvalue weighted by molar-refractivity contribution is -0.149. The summed E-state index contributed by atoms with van der Waals surface area (Å²) in [7, 11) is 0. The molecule has 222 valence electrons. The van der Waals surface area contributed by atoms with E-state index in [1.54, 1.807) is 23.5 Å². The van der Waals surface area contributed by atoms with Crippen molar-refractivity contribution in [1.29, 1.82) is 0 Å². The molecule has 42 heavy (non-hydrogen) atoms. The van der Waals surface area contributed by atoms with E-state index in [-0.39, 0.29) is 11.9 Å². The molecule has 0 N–H and O–H groups in total. The Morgan fingerprint density at radius 2 is 1.17 bits per heavy atom. The highest BCUT2D eigenvalue weighted by Gasteiger charge is 2.40. The maximum atomic E-state index is 12.3. The molecule has 0 amide bonds. The Kier molecular flexibility index (Phi) is 12.4. The monoisotopic (exact) mass is 600 g/mol. The number of carbonyl (C=O) groups excluding carboxylic acids is 1. The number of unbranched alkanes of at least 4 members (excludes halogenated alkanes) is 8. The van der Waals surface area contributed by atoms with Gasteiger partial charge in [-0.25, -0.2) is 0 Å². The molecular weight excluding hydrogens is 557 g/mol. The number of allylic oxidation sites excluding steroid dienone is 2. The molecule has 3 nitrogen and oxygen atoms in total. The van der Waals surface area contributed by atoms with Crippen LogP contribution in [0.4, 0.5) is 0 Å². The highest BCUT2D eigenvalue weighted by Crippen LogP contribution is 2.44. The highest BCUT2D eigenvalue weighted by atomic mass is 32.2. The van der Waals surface area contributed by atoms with Crippen molar-refractivity contribution in [3.63, 3.8) is 0 Å². The zero-order valence-electron chi connectivity index (χ0n) is 24.6. The number of benzene rings is 3. The lowest BCUT2D eigenvalue weighted by atomic mass is 9.94. The molecule has 3 atom stereocenters. The van der Waals surface area contributed by atoms with Crippen molar-refractivity contribution in [3.05, 3.63) is 91.0 Å². The van der Waals surface area contributed by atoms with E-state index in [9.17, 15) is 4.79 Å². The Labute approximate surface area is 260 Å². The lowest BCUT2D eigenvalue weighted by Gasteiger charge is -2.16. The lowest BCUT2D eigenvalue weighted by Crippen LogP contribution is -2.21. The summed E-state index contributed by atoms with van der Waals surface area (Å²) < 4.78 is 11.8. The summed E-state index contributed by atoms with van der Waals surface area (Å²) in [5.41, 5.74) is 0. The summed E-state index contributed by atoms with van der Waals surface area (Å²) in [6.07, 6.45) is 17.4. The molecule has 3 aromatic rings. The van der Waals surface area contributed by atoms with E-state index in [2.05, 4.69) is 91.0 Å². The van der Waals surface area contributed by atoms with Gasteiger partial charge in [0, 0.05) is 19.6 Å². The third-order valence-corrected chi connectivity index (χ3v) is 10.2. The maximum Gasteiger partial charge on any atom is 0.309 e. The van der Waals surface area contributed by atoms with Gasteiger partial charge < -0.3 is 9.47 Å². The van der Waals surface area contributed by atoms with E-state index in [1.165, 1.54) is 58.1 Å².